The number of ether oxygens (including phenoxy) is 1. The van der Waals surface area contributed by atoms with Gasteiger partial charge in [0, 0.05) is 12.0 Å². The molecular formula is C22H23Br2NO7. The Kier molecular flexibility index (Phi) is 9.09. The first-order valence-electron chi connectivity index (χ1n) is 9.70. The van der Waals surface area contributed by atoms with Crippen molar-refractivity contribution in [1.29, 1.82) is 0 Å². The van der Waals surface area contributed by atoms with Crippen LogP contribution in [0.3, 0.4) is 0 Å². The number of benzene rings is 2. The molecule has 0 saturated heterocycles. The minimum absolute atomic E-state index is 0.106. The summed E-state index contributed by atoms with van der Waals surface area (Å²) in [6, 6.07) is 7.03. The number of hydrogen-bond acceptors (Lipinski definition) is 5. The van der Waals surface area contributed by atoms with Crippen molar-refractivity contribution in [3.63, 3.8) is 0 Å². The zero-order valence-corrected chi connectivity index (χ0v) is 20.6. The van der Waals surface area contributed by atoms with Gasteiger partial charge in [-0.3, -0.25) is 9.59 Å². The number of nitrogens with one attached hydrogen (secondary N) is 1. The molecule has 2 rings (SSSR count). The molecule has 0 heterocycles. The second-order valence-electron chi connectivity index (χ2n) is 7.43. The molecule has 0 unspecified atom stereocenters. The molecule has 0 aliphatic rings. The summed E-state index contributed by atoms with van der Waals surface area (Å²) in [7, 11) is 0. The van der Waals surface area contributed by atoms with Gasteiger partial charge in [-0.1, -0.05) is 13.8 Å². The zero-order valence-electron chi connectivity index (χ0n) is 17.4. The number of carbonyl (C=O) groups is 3. The molecule has 10 heteroatoms. The lowest BCUT2D eigenvalue weighted by Gasteiger charge is -2.16. The molecule has 2 aromatic rings. The number of carboxylic acid groups (broad SMARTS) is 2. The molecule has 32 heavy (non-hydrogen) atoms. The molecule has 0 radical (unpaired) electrons. The fourth-order valence-corrected chi connectivity index (χ4v) is 4.39. The number of hydrogen-bond donors (Lipinski definition) is 4. The van der Waals surface area contributed by atoms with Gasteiger partial charge >= 0.3 is 11.9 Å². The molecular weight excluding hydrogens is 550 g/mol. The van der Waals surface area contributed by atoms with Crippen molar-refractivity contribution in [1.82, 2.24) is 5.32 Å². The third kappa shape index (κ3) is 7.23. The van der Waals surface area contributed by atoms with E-state index in [0.717, 1.165) is 5.56 Å². The average Bonchev–Trinajstić information content (AvgIpc) is 2.68. The van der Waals surface area contributed by atoms with Gasteiger partial charge in [-0.2, -0.15) is 0 Å². The third-order valence-corrected chi connectivity index (χ3v) is 5.72. The number of aromatic hydroxyl groups is 1. The quantitative estimate of drug-likeness (QED) is 0.321. The van der Waals surface area contributed by atoms with E-state index in [1.807, 2.05) is 13.8 Å². The Morgan fingerprint density at radius 1 is 1.06 bits per heavy atom. The Morgan fingerprint density at radius 3 is 2.22 bits per heavy atom. The summed E-state index contributed by atoms with van der Waals surface area (Å²) < 4.78 is 7.09. The van der Waals surface area contributed by atoms with Crippen molar-refractivity contribution in [3.05, 3.63) is 50.4 Å². The van der Waals surface area contributed by atoms with Crippen molar-refractivity contribution in [2.75, 3.05) is 0 Å². The smallest absolute Gasteiger partial charge is 0.326 e. The highest BCUT2D eigenvalue weighted by molar-refractivity contribution is 9.11. The summed E-state index contributed by atoms with van der Waals surface area (Å²) in [6.07, 6.45) is -0.678. The van der Waals surface area contributed by atoms with E-state index in [0.29, 0.717) is 26.0 Å². The number of carbonyl (C=O) groups excluding carboxylic acids is 1. The highest BCUT2D eigenvalue weighted by Gasteiger charge is 2.21. The minimum atomic E-state index is -1.29. The number of amides is 1. The van der Waals surface area contributed by atoms with Crippen LogP contribution < -0.4 is 10.1 Å². The normalized spacial score (nSPS) is 11.8. The van der Waals surface area contributed by atoms with Crippen LogP contribution >= 0.6 is 31.9 Å². The predicted molar refractivity (Wildman–Crippen MR) is 124 cm³/mol. The third-order valence-electron chi connectivity index (χ3n) is 4.54. The van der Waals surface area contributed by atoms with Gasteiger partial charge in [0.2, 0.25) is 5.91 Å². The van der Waals surface area contributed by atoms with Crippen molar-refractivity contribution in [2.24, 2.45) is 0 Å². The molecule has 0 bridgehead atoms. The lowest BCUT2D eigenvalue weighted by molar-refractivity contribution is -0.143. The van der Waals surface area contributed by atoms with Gasteiger partial charge in [0.05, 0.1) is 15.4 Å². The zero-order chi connectivity index (χ0) is 24.0. The van der Waals surface area contributed by atoms with Crippen molar-refractivity contribution in [3.8, 4) is 17.2 Å². The summed E-state index contributed by atoms with van der Waals surface area (Å²) in [5.41, 5.74) is 1.34. The first-order valence-corrected chi connectivity index (χ1v) is 11.3. The van der Waals surface area contributed by atoms with Gasteiger partial charge in [-0.05, 0) is 80.1 Å². The number of halogens is 2. The van der Waals surface area contributed by atoms with Gasteiger partial charge in [-0.15, -0.1) is 0 Å². The standard InChI is InChI=1S/C22H23Br2NO7/c1-11(2)14-10-13(3-5-18(14)26)32-21-15(23)7-12(8-16(21)24)9-19(27)25-17(22(30)31)4-6-20(28)29/h3,5,7-8,10-11,17,26H,4,6,9H2,1-2H3,(H,25,27)(H,28,29)(H,30,31)/t17-/m0/s1. The molecule has 2 aromatic carbocycles. The Bertz CT molecular complexity index is 1000. The van der Waals surface area contributed by atoms with E-state index >= 15 is 0 Å². The van der Waals surface area contributed by atoms with E-state index in [9.17, 15) is 24.6 Å². The first-order chi connectivity index (χ1) is 15.0. The largest absolute Gasteiger partial charge is 0.508 e. The maximum absolute atomic E-state index is 12.3. The summed E-state index contributed by atoms with van der Waals surface area (Å²) in [6.45, 7) is 3.92. The van der Waals surface area contributed by atoms with Crippen LogP contribution in [0.4, 0.5) is 0 Å². The number of aliphatic carboxylic acids is 2. The highest BCUT2D eigenvalue weighted by Crippen LogP contribution is 2.39. The second kappa shape index (κ2) is 11.3. The fraction of sp³-hybridized carbons (Fsp3) is 0.318. The number of rotatable bonds is 10. The van der Waals surface area contributed by atoms with Crippen LogP contribution in [0.2, 0.25) is 0 Å². The first kappa shape index (κ1) is 25.7. The number of carboxylic acids is 2. The van der Waals surface area contributed by atoms with Gasteiger partial charge in [0.15, 0.2) is 5.75 Å². The molecule has 0 fully saturated rings. The van der Waals surface area contributed by atoms with E-state index in [1.54, 1.807) is 30.3 Å². The monoisotopic (exact) mass is 571 g/mol. The van der Waals surface area contributed by atoms with E-state index in [1.165, 1.54) is 0 Å². The number of phenols is 1. The predicted octanol–water partition coefficient (Wildman–Crippen LogP) is 4.81. The van der Waals surface area contributed by atoms with Crippen LogP contribution in [0.5, 0.6) is 17.2 Å². The lowest BCUT2D eigenvalue weighted by atomic mass is 10.0. The molecule has 0 aliphatic carbocycles. The van der Waals surface area contributed by atoms with Gasteiger partial charge in [0.1, 0.15) is 17.5 Å². The van der Waals surface area contributed by atoms with Crippen LogP contribution in [0, 0.1) is 0 Å². The Balaban J connectivity index is 2.13. The molecule has 0 spiro atoms. The summed E-state index contributed by atoms with van der Waals surface area (Å²) in [4.78, 5) is 34.2. The highest BCUT2D eigenvalue weighted by atomic mass is 79.9. The van der Waals surface area contributed by atoms with Gasteiger partial charge < -0.3 is 25.4 Å². The van der Waals surface area contributed by atoms with Crippen molar-refractivity contribution >= 4 is 49.7 Å². The van der Waals surface area contributed by atoms with Crippen LogP contribution in [-0.2, 0) is 20.8 Å². The second-order valence-corrected chi connectivity index (χ2v) is 9.14. The molecule has 0 aliphatic heterocycles. The topological polar surface area (TPSA) is 133 Å². The summed E-state index contributed by atoms with van der Waals surface area (Å²) in [5.74, 6) is -1.68. The fourth-order valence-electron chi connectivity index (χ4n) is 2.94. The Hall–Kier alpha value is -2.59. The van der Waals surface area contributed by atoms with E-state index in [4.69, 9.17) is 9.84 Å². The van der Waals surface area contributed by atoms with Crippen LogP contribution in [0.15, 0.2) is 39.3 Å². The van der Waals surface area contributed by atoms with Crippen LogP contribution in [0.25, 0.3) is 0 Å². The van der Waals surface area contributed by atoms with Gasteiger partial charge in [-0.25, -0.2) is 4.79 Å². The van der Waals surface area contributed by atoms with E-state index in [-0.39, 0.29) is 30.9 Å². The molecule has 8 nitrogen and oxygen atoms in total. The average molecular weight is 573 g/mol. The van der Waals surface area contributed by atoms with Crippen molar-refractivity contribution in [2.45, 2.75) is 45.1 Å². The SMILES string of the molecule is CC(C)c1cc(Oc2c(Br)cc(CC(=O)N[C@@H](CCC(=O)O)C(=O)O)cc2Br)ccc1O. The van der Waals surface area contributed by atoms with Crippen LogP contribution in [-0.4, -0.2) is 39.2 Å². The molecule has 1 atom stereocenters. The lowest BCUT2D eigenvalue weighted by Crippen LogP contribution is -2.41. The molecule has 0 saturated carbocycles. The van der Waals surface area contributed by atoms with E-state index < -0.39 is 23.9 Å². The molecule has 4 N–H and O–H groups in total. The Labute approximate surface area is 201 Å². The van der Waals surface area contributed by atoms with Crippen molar-refractivity contribution < 1.29 is 34.4 Å². The Morgan fingerprint density at radius 2 is 1.69 bits per heavy atom. The molecule has 0 aromatic heterocycles. The van der Waals surface area contributed by atoms with E-state index in [2.05, 4.69) is 37.2 Å². The minimum Gasteiger partial charge on any atom is -0.508 e. The maximum atomic E-state index is 12.3. The molecule has 1 amide bonds. The molecule has 172 valence electrons. The number of phenolic OH excluding ortho intramolecular Hbond substituents is 1. The van der Waals surface area contributed by atoms with Gasteiger partial charge in [0.25, 0.3) is 0 Å². The van der Waals surface area contributed by atoms with Crippen LogP contribution in [0.1, 0.15) is 43.7 Å². The summed E-state index contributed by atoms with van der Waals surface area (Å²) in [5, 5.41) is 30.2. The maximum Gasteiger partial charge on any atom is 0.326 e. The summed E-state index contributed by atoms with van der Waals surface area (Å²) >= 11 is 6.85.